The molecule has 0 bridgehead atoms. The van der Waals surface area contributed by atoms with Gasteiger partial charge in [-0.25, -0.2) is 0 Å². The fraction of sp³-hybridized carbons (Fsp3) is 0.316. The lowest BCUT2D eigenvalue weighted by molar-refractivity contribution is 0.0705. The molecule has 4 rings (SSSR count). The molecular formula is C19H21N5O. The van der Waals surface area contributed by atoms with Crippen molar-refractivity contribution in [2.24, 2.45) is 0 Å². The largest absolute Gasteiger partial charge is 0.329 e. The minimum atomic E-state index is 0.0591. The van der Waals surface area contributed by atoms with Gasteiger partial charge in [-0.2, -0.15) is 0 Å². The van der Waals surface area contributed by atoms with E-state index >= 15 is 0 Å². The first kappa shape index (κ1) is 15.6. The topological polar surface area (TPSA) is 56.0 Å². The van der Waals surface area contributed by atoms with Gasteiger partial charge in [0.1, 0.15) is 5.82 Å². The van der Waals surface area contributed by atoms with Crippen molar-refractivity contribution < 1.29 is 4.79 Å². The lowest BCUT2D eigenvalue weighted by Crippen LogP contribution is -2.39. The number of carbonyl (C=O) groups is 1. The van der Waals surface area contributed by atoms with Crippen molar-refractivity contribution in [1.29, 1.82) is 0 Å². The molecule has 1 amide bonds. The minimum absolute atomic E-state index is 0.0591. The molecule has 25 heavy (non-hydrogen) atoms. The van der Waals surface area contributed by atoms with Crippen LogP contribution in [0.1, 0.15) is 34.5 Å². The predicted molar refractivity (Wildman–Crippen MR) is 94.6 cm³/mol. The number of aromatic nitrogens is 4. The summed E-state index contributed by atoms with van der Waals surface area (Å²) in [6.07, 6.45) is 4.86. The molecule has 0 aliphatic carbocycles. The summed E-state index contributed by atoms with van der Waals surface area (Å²) in [6.45, 7) is 6.03. The number of hydrogen-bond donors (Lipinski definition) is 0. The van der Waals surface area contributed by atoms with Crippen LogP contribution in [-0.2, 0) is 19.5 Å². The molecular weight excluding hydrogens is 314 g/mol. The Morgan fingerprint density at radius 2 is 1.96 bits per heavy atom. The van der Waals surface area contributed by atoms with Crippen LogP contribution >= 0.6 is 0 Å². The highest BCUT2D eigenvalue weighted by Crippen LogP contribution is 2.20. The summed E-state index contributed by atoms with van der Waals surface area (Å²) in [5, 5.41) is 8.45. The zero-order valence-electron chi connectivity index (χ0n) is 14.5. The van der Waals surface area contributed by atoms with E-state index in [0.717, 1.165) is 41.4 Å². The van der Waals surface area contributed by atoms with Gasteiger partial charge in [0.2, 0.25) is 0 Å². The zero-order valence-corrected chi connectivity index (χ0v) is 14.5. The summed E-state index contributed by atoms with van der Waals surface area (Å²) >= 11 is 0. The van der Waals surface area contributed by atoms with Crippen molar-refractivity contribution in [2.45, 2.75) is 33.4 Å². The van der Waals surface area contributed by atoms with Gasteiger partial charge in [0.25, 0.3) is 5.91 Å². The van der Waals surface area contributed by atoms with Crippen molar-refractivity contribution in [1.82, 2.24) is 24.2 Å². The van der Waals surface area contributed by atoms with Gasteiger partial charge >= 0.3 is 0 Å². The first-order chi connectivity index (χ1) is 12.2. The van der Waals surface area contributed by atoms with E-state index in [4.69, 9.17) is 0 Å². The molecule has 0 fully saturated rings. The Balaban J connectivity index is 1.57. The summed E-state index contributed by atoms with van der Waals surface area (Å²) in [5.41, 5.74) is 2.79. The summed E-state index contributed by atoms with van der Waals surface area (Å²) in [5.74, 6) is 1.93. The van der Waals surface area contributed by atoms with Gasteiger partial charge in [0, 0.05) is 43.2 Å². The van der Waals surface area contributed by atoms with Crippen molar-refractivity contribution in [2.75, 3.05) is 6.54 Å². The second-order valence-corrected chi connectivity index (χ2v) is 6.35. The molecule has 0 N–H and O–H groups in total. The quantitative estimate of drug-likeness (QED) is 0.739. The summed E-state index contributed by atoms with van der Waals surface area (Å²) in [6, 6.07) is 9.94. The van der Waals surface area contributed by atoms with Crippen LogP contribution in [0.5, 0.6) is 0 Å². The standard InChI is InChI=1S/C19H21N5O/c1-3-17-20-21-18-13-23(10-11-24(17)18)19(25)16-7-6-15(12-14(16)2)22-8-4-5-9-22/h4-9,12H,3,10-11,13H2,1-2H3. The van der Waals surface area contributed by atoms with Gasteiger partial charge in [-0.3, -0.25) is 4.79 Å². The van der Waals surface area contributed by atoms with E-state index in [1.807, 2.05) is 53.0 Å². The number of carbonyl (C=O) groups excluding carboxylic acids is 1. The van der Waals surface area contributed by atoms with Crippen molar-refractivity contribution >= 4 is 5.91 Å². The van der Waals surface area contributed by atoms with Crippen LogP contribution in [0.2, 0.25) is 0 Å². The predicted octanol–water partition coefficient (Wildman–Crippen LogP) is 2.60. The molecule has 0 atom stereocenters. The second kappa shape index (κ2) is 6.20. The van der Waals surface area contributed by atoms with E-state index < -0.39 is 0 Å². The van der Waals surface area contributed by atoms with E-state index in [1.165, 1.54) is 0 Å². The average molecular weight is 335 g/mol. The van der Waals surface area contributed by atoms with E-state index in [-0.39, 0.29) is 5.91 Å². The highest BCUT2D eigenvalue weighted by molar-refractivity contribution is 5.95. The molecule has 2 aromatic heterocycles. The first-order valence-corrected chi connectivity index (χ1v) is 8.61. The molecule has 6 heteroatoms. The maximum absolute atomic E-state index is 13.0. The van der Waals surface area contributed by atoms with Gasteiger partial charge < -0.3 is 14.0 Å². The lowest BCUT2D eigenvalue weighted by Gasteiger charge is -2.28. The molecule has 1 aliphatic heterocycles. The Hall–Kier alpha value is -2.89. The van der Waals surface area contributed by atoms with Crippen molar-refractivity contribution in [3.05, 3.63) is 65.5 Å². The van der Waals surface area contributed by atoms with Crippen LogP contribution in [0, 0.1) is 6.92 Å². The van der Waals surface area contributed by atoms with Gasteiger partial charge in [0.15, 0.2) is 5.82 Å². The highest BCUT2D eigenvalue weighted by Gasteiger charge is 2.25. The van der Waals surface area contributed by atoms with E-state index in [1.54, 1.807) is 0 Å². The number of nitrogens with zero attached hydrogens (tertiary/aromatic N) is 5. The number of benzene rings is 1. The van der Waals surface area contributed by atoms with Crippen molar-refractivity contribution in [3.8, 4) is 5.69 Å². The van der Waals surface area contributed by atoms with Gasteiger partial charge in [0.05, 0.1) is 6.54 Å². The Bertz CT molecular complexity index is 910. The van der Waals surface area contributed by atoms with Gasteiger partial charge in [-0.05, 0) is 42.8 Å². The fourth-order valence-corrected chi connectivity index (χ4v) is 3.38. The molecule has 0 radical (unpaired) electrons. The molecule has 0 saturated heterocycles. The van der Waals surface area contributed by atoms with Gasteiger partial charge in [-0.15, -0.1) is 10.2 Å². The van der Waals surface area contributed by atoms with Crippen LogP contribution in [-0.4, -0.2) is 36.7 Å². The first-order valence-electron chi connectivity index (χ1n) is 8.61. The number of fused-ring (bicyclic) bond motifs is 1. The monoisotopic (exact) mass is 335 g/mol. The molecule has 1 aromatic carbocycles. The Morgan fingerprint density at radius 3 is 2.68 bits per heavy atom. The molecule has 3 aromatic rings. The third kappa shape index (κ3) is 2.73. The maximum Gasteiger partial charge on any atom is 0.254 e. The van der Waals surface area contributed by atoms with Crippen LogP contribution in [0.4, 0.5) is 0 Å². The Kier molecular flexibility index (Phi) is 3.87. The fourth-order valence-electron chi connectivity index (χ4n) is 3.38. The average Bonchev–Trinajstić information content (AvgIpc) is 3.30. The second-order valence-electron chi connectivity index (χ2n) is 6.35. The van der Waals surface area contributed by atoms with E-state index in [9.17, 15) is 4.79 Å². The van der Waals surface area contributed by atoms with E-state index in [2.05, 4.69) is 27.8 Å². The van der Waals surface area contributed by atoms with Crippen LogP contribution < -0.4 is 0 Å². The zero-order chi connectivity index (χ0) is 17.4. The summed E-state index contributed by atoms with van der Waals surface area (Å²) in [4.78, 5) is 14.8. The number of aryl methyl sites for hydroxylation is 2. The number of hydrogen-bond acceptors (Lipinski definition) is 3. The number of rotatable bonds is 3. The SMILES string of the molecule is CCc1nnc2n1CCN(C(=O)c1ccc(-n3cccc3)cc1C)C2. The lowest BCUT2D eigenvalue weighted by atomic mass is 10.1. The Morgan fingerprint density at radius 1 is 1.16 bits per heavy atom. The smallest absolute Gasteiger partial charge is 0.254 e. The normalized spacial score (nSPS) is 13.8. The molecule has 128 valence electrons. The molecule has 1 aliphatic rings. The van der Waals surface area contributed by atoms with Gasteiger partial charge in [-0.1, -0.05) is 6.92 Å². The minimum Gasteiger partial charge on any atom is -0.329 e. The van der Waals surface area contributed by atoms with Crippen molar-refractivity contribution in [3.63, 3.8) is 0 Å². The summed E-state index contributed by atoms with van der Waals surface area (Å²) < 4.78 is 4.17. The molecule has 6 nitrogen and oxygen atoms in total. The molecule has 3 heterocycles. The highest BCUT2D eigenvalue weighted by atomic mass is 16.2. The number of amides is 1. The van der Waals surface area contributed by atoms with E-state index in [0.29, 0.717) is 13.1 Å². The van der Waals surface area contributed by atoms with Crippen LogP contribution in [0.3, 0.4) is 0 Å². The van der Waals surface area contributed by atoms with Crippen LogP contribution in [0.25, 0.3) is 5.69 Å². The molecule has 0 unspecified atom stereocenters. The maximum atomic E-state index is 13.0. The third-order valence-corrected chi connectivity index (χ3v) is 4.78. The summed E-state index contributed by atoms with van der Waals surface area (Å²) in [7, 11) is 0. The Labute approximate surface area is 146 Å². The molecule has 0 spiro atoms. The third-order valence-electron chi connectivity index (χ3n) is 4.78. The van der Waals surface area contributed by atoms with Crippen LogP contribution in [0.15, 0.2) is 42.7 Å². The molecule has 0 saturated carbocycles.